The van der Waals surface area contributed by atoms with Gasteiger partial charge in [-0.1, -0.05) is 6.07 Å². The highest BCUT2D eigenvalue weighted by Crippen LogP contribution is 2.28. The molecular weight excluding hydrogens is 442 g/mol. The van der Waals surface area contributed by atoms with Crippen molar-refractivity contribution in [2.24, 2.45) is 5.73 Å². The lowest BCUT2D eigenvalue weighted by Gasteiger charge is -2.18. The minimum Gasteiger partial charge on any atom is -0.482 e. The van der Waals surface area contributed by atoms with Crippen molar-refractivity contribution in [1.82, 2.24) is 15.3 Å². The van der Waals surface area contributed by atoms with Crippen LogP contribution in [0.25, 0.3) is 10.9 Å². The van der Waals surface area contributed by atoms with Crippen molar-refractivity contribution in [3.63, 3.8) is 0 Å². The van der Waals surface area contributed by atoms with E-state index >= 15 is 0 Å². The summed E-state index contributed by atoms with van der Waals surface area (Å²) in [6, 6.07) is 8.94. The van der Waals surface area contributed by atoms with Crippen LogP contribution in [0.5, 0.6) is 5.75 Å². The van der Waals surface area contributed by atoms with Crippen LogP contribution < -0.4 is 26.7 Å². The number of aromatic nitrogens is 2. The molecule has 0 bridgehead atoms. The number of nitrogens with two attached hydrogens (primary N) is 1. The van der Waals surface area contributed by atoms with Gasteiger partial charge in [0.05, 0.1) is 22.2 Å². The molecule has 0 radical (unpaired) electrons. The largest absolute Gasteiger partial charge is 0.482 e. The Morgan fingerprint density at radius 1 is 1.19 bits per heavy atom. The number of carbonyl (C=O) groups is 3. The zero-order valence-corrected chi connectivity index (χ0v) is 17.6. The number of benzene rings is 2. The van der Waals surface area contributed by atoms with Gasteiger partial charge in [-0.2, -0.15) is 0 Å². The Kier molecular flexibility index (Phi) is 7.88. The number of H-pyrrole nitrogens is 1. The Labute approximate surface area is 187 Å². The second-order valence-electron chi connectivity index (χ2n) is 6.30. The first-order valence-corrected chi connectivity index (χ1v) is 9.09. The number of rotatable bonds is 4. The molecule has 2 aromatic carbocycles. The zero-order chi connectivity index (χ0) is 22.5. The van der Waals surface area contributed by atoms with Crippen LogP contribution in [0.2, 0.25) is 0 Å². The number of halogens is 1. The topological polar surface area (TPSA) is 176 Å². The van der Waals surface area contributed by atoms with Crippen LogP contribution in [0.15, 0.2) is 41.2 Å². The average Bonchev–Trinajstić information content (AvgIpc) is 2.78. The van der Waals surface area contributed by atoms with Gasteiger partial charge in [-0.05, 0) is 42.9 Å². The fourth-order valence-electron chi connectivity index (χ4n) is 2.89. The minimum absolute atomic E-state index is 0. The van der Waals surface area contributed by atoms with Gasteiger partial charge >= 0.3 is 5.97 Å². The summed E-state index contributed by atoms with van der Waals surface area (Å²) < 4.78 is 5.28. The number of nitrogens with zero attached hydrogens (tertiary/aromatic N) is 1. The summed E-state index contributed by atoms with van der Waals surface area (Å²) >= 11 is 0. The molecule has 1 aromatic heterocycles. The number of hydrogen-bond donors (Lipinski definition) is 5. The van der Waals surface area contributed by atoms with E-state index in [1.807, 2.05) is 0 Å². The quantitative estimate of drug-likeness (QED) is 0.380. The molecule has 0 aliphatic carbocycles. The van der Waals surface area contributed by atoms with Gasteiger partial charge in [0, 0.05) is 6.54 Å². The number of hydrogen-bond acceptors (Lipinski definition) is 7. The molecule has 32 heavy (non-hydrogen) atoms. The molecule has 0 atom stereocenters. The second kappa shape index (κ2) is 10.4. The molecule has 0 unspecified atom stereocenters. The van der Waals surface area contributed by atoms with Gasteiger partial charge in [0.1, 0.15) is 5.75 Å². The first-order valence-electron chi connectivity index (χ1n) is 9.09. The molecule has 4 rings (SSSR count). The molecule has 6 N–H and O–H groups in total. The van der Waals surface area contributed by atoms with Crippen LogP contribution in [0, 0.1) is 0 Å². The van der Waals surface area contributed by atoms with E-state index in [0.717, 1.165) is 0 Å². The van der Waals surface area contributed by atoms with Gasteiger partial charge < -0.3 is 31.2 Å². The molecule has 0 spiro atoms. The molecule has 168 valence electrons. The third kappa shape index (κ3) is 5.20. The maximum atomic E-state index is 12.4. The van der Waals surface area contributed by atoms with Crippen molar-refractivity contribution in [2.75, 3.05) is 19.0 Å². The fraction of sp³-hybridized carbons (Fsp3) is 0.150. The molecule has 12 heteroatoms. The van der Waals surface area contributed by atoms with E-state index in [4.69, 9.17) is 9.84 Å². The average molecular weight is 462 g/mol. The third-order valence-corrected chi connectivity index (χ3v) is 4.30. The van der Waals surface area contributed by atoms with Crippen molar-refractivity contribution in [3.8, 4) is 5.75 Å². The van der Waals surface area contributed by atoms with Crippen LogP contribution in [-0.2, 0) is 11.3 Å². The van der Waals surface area contributed by atoms with Gasteiger partial charge in [0.25, 0.3) is 17.4 Å². The summed E-state index contributed by atoms with van der Waals surface area (Å²) in [5.41, 5.74) is 5.21. The highest BCUT2D eigenvalue weighted by atomic mass is 35.5. The van der Waals surface area contributed by atoms with E-state index in [1.54, 1.807) is 18.2 Å². The summed E-state index contributed by atoms with van der Waals surface area (Å²) in [7, 11) is 1.50. The standard InChI is InChI=1S/C19H14N4O6.CH5N.ClH/c24-15-8-29-14-4-1-9(5-13(14)21-15)7-20-18(26)16-22-12-6-10(19(27)28)2-3-11(12)17(25)23-16;1-2;/h1-6H,7-8H2,(H,20,26)(H,21,24)(H,27,28)(H,22,23,25);2H2,1H3;1H. The van der Waals surface area contributed by atoms with E-state index in [0.29, 0.717) is 17.0 Å². The van der Waals surface area contributed by atoms with Gasteiger partial charge in [0.15, 0.2) is 12.4 Å². The number of carboxylic acids is 1. The summed E-state index contributed by atoms with van der Waals surface area (Å²) in [4.78, 5) is 53.6. The zero-order valence-electron chi connectivity index (χ0n) is 16.8. The second-order valence-corrected chi connectivity index (χ2v) is 6.30. The number of nitrogens with one attached hydrogen (secondary N) is 3. The van der Waals surface area contributed by atoms with Crippen molar-refractivity contribution < 1.29 is 24.2 Å². The van der Waals surface area contributed by atoms with Crippen molar-refractivity contribution in [1.29, 1.82) is 0 Å². The Morgan fingerprint density at radius 2 is 1.94 bits per heavy atom. The summed E-state index contributed by atoms with van der Waals surface area (Å²) in [6.45, 7) is 0.0621. The molecular formula is C20H20ClN5O6. The SMILES string of the molecule is CN.Cl.O=C1COc2ccc(CNC(=O)c3nc4cc(C(=O)O)ccc4c(=O)[nH]3)cc2N1. The predicted molar refractivity (Wildman–Crippen MR) is 118 cm³/mol. The minimum atomic E-state index is -1.16. The van der Waals surface area contributed by atoms with Crippen molar-refractivity contribution in [2.45, 2.75) is 6.54 Å². The van der Waals surface area contributed by atoms with Gasteiger partial charge in [-0.3, -0.25) is 14.4 Å². The highest BCUT2D eigenvalue weighted by molar-refractivity contribution is 5.96. The summed E-state index contributed by atoms with van der Waals surface area (Å²) in [5, 5.41) is 14.6. The molecule has 11 nitrogen and oxygen atoms in total. The van der Waals surface area contributed by atoms with Crippen LogP contribution >= 0.6 is 12.4 Å². The lowest BCUT2D eigenvalue weighted by molar-refractivity contribution is -0.118. The Morgan fingerprint density at radius 3 is 2.66 bits per heavy atom. The summed E-state index contributed by atoms with van der Waals surface area (Å²) in [5.74, 6) is -1.77. The van der Waals surface area contributed by atoms with Crippen LogP contribution in [0.1, 0.15) is 26.5 Å². The molecule has 2 amide bonds. The van der Waals surface area contributed by atoms with Crippen LogP contribution in [0.3, 0.4) is 0 Å². The lowest BCUT2D eigenvalue weighted by Crippen LogP contribution is -2.28. The van der Waals surface area contributed by atoms with E-state index in [1.165, 1.54) is 25.2 Å². The number of aromatic carboxylic acids is 1. The normalized spacial score (nSPS) is 11.6. The Balaban J connectivity index is 0.00000118. The molecule has 0 fully saturated rings. The monoisotopic (exact) mass is 461 g/mol. The van der Waals surface area contributed by atoms with Gasteiger partial charge in [0.2, 0.25) is 0 Å². The van der Waals surface area contributed by atoms with Crippen molar-refractivity contribution >= 4 is 46.8 Å². The third-order valence-electron chi connectivity index (χ3n) is 4.30. The number of carboxylic acid groups (broad SMARTS) is 1. The molecule has 1 aliphatic heterocycles. The van der Waals surface area contributed by atoms with Gasteiger partial charge in [-0.25, -0.2) is 9.78 Å². The van der Waals surface area contributed by atoms with Crippen LogP contribution in [0.4, 0.5) is 5.69 Å². The molecule has 3 aromatic rings. The van der Waals surface area contributed by atoms with Crippen LogP contribution in [-0.4, -0.2) is 46.5 Å². The smallest absolute Gasteiger partial charge is 0.335 e. The van der Waals surface area contributed by atoms with E-state index in [9.17, 15) is 19.2 Å². The fourth-order valence-corrected chi connectivity index (χ4v) is 2.89. The highest BCUT2D eigenvalue weighted by Gasteiger charge is 2.17. The Hall–Kier alpha value is -3.96. The van der Waals surface area contributed by atoms with E-state index < -0.39 is 17.4 Å². The maximum Gasteiger partial charge on any atom is 0.335 e. The number of amides is 2. The number of aromatic amines is 1. The van der Waals surface area contributed by atoms with E-state index in [-0.39, 0.29) is 53.8 Å². The summed E-state index contributed by atoms with van der Waals surface area (Å²) in [6.07, 6.45) is 0. The number of carbonyl (C=O) groups excluding carboxylic acids is 2. The molecule has 1 aliphatic rings. The molecule has 0 saturated carbocycles. The maximum absolute atomic E-state index is 12.4. The first-order chi connectivity index (χ1) is 14.9. The molecule has 2 heterocycles. The lowest BCUT2D eigenvalue weighted by atomic mass is 10.1. The predicted octanol–water partition coefficient (Wildman–Crippen LogP) is 0.879. The molecule has 0 saturated heterocycles. The van der Waals surface area contributed by atoms with E-state index in [2.05, 4.69) is 26.3 Å². The number of fused-ring (bicyclic) bond motifs is 2. The number of anilines is 1. The number of ether oxygens (including phenoxy) is 1. The first kappa shape index (κ1) is 24.3. The van der Waals surface area contributed by atoms with Gasteiger partial charge in [-0.15, -0.1) is 12.4 Å². The Bertz CT molecular complexity index is 1240. The van der Waals surface area contributed by atoms with Crippen molar-refractivity contribution in [3.05, 3.63) is 63.7 Å².